The maximum atomic E-state index is 2.50. The third-order valence-corrected chi connectivity index (χ3v) is 12.6. The van der Waals surface area contributed by atoms with Crippen LogP contribution in [0.25, 0.3) is 0 Å². The molecule has 0 radical (unpaired) electrons. The molecule has 0 aromatic rings. The third kappa shape index (κ3) is 6.33. The van der Waals surface area contributed by atoms with Crippen molar-refractivity contribution in [2.45, 2.75) is 25.1 Å². The predicted octanol–water partition coefficient (Wildman–Crippen LogP) is -5.28. The first-order valence-corrected chi connectivity index (χ1v) is 20.1. The van der Waals surface area contributed by atoms with Gasteiger partial charge in [0.15, 0.2) is 0 Å². The van der Waals surface area contributed by atoms with Gasteiger partial charge >= 0.3 is 65.2 Å². The van der Waals surface area contributed by atoms with Gasteiger partial charge in [-0.25, -0.2) is 0 Å². The molecule has 0 aromatic carbocycles. The monoisotopic (exact) mass is 410 g/mol. The molecule has 4 heteroatoms. The van der Waals surface area contributed by atoms with E-state index in [0.29, 0.717) is 0 Å². The molecule has 0 atom stereocenters. The maximum Gasteiger partial charge on any atom is -1.00 e. The van der Waals surface area contributed by atoms with Crippen LogP contribution in [-0.4, -0.2) is 0 Å². The van der Waals surface area contributed by atoms with Crippen molar-refractivity contribution >= 4 is 0 Å². The summed E-state index contributed by atoms with van der Waals surface area (Å²) in [4.78, 5) is 0. The summed E-state index contributed by atoms with van der Waals surface area (Å²) in [5.41, 5.74) is 0. The Morgan fingerprint density at radius 2 is 1.46 bits per heavy atom. The number of rotatable bonds is 1. The molecule has 0 aromatic heterocycles. The Labute approximate surface area is 102 Å². The first-order valence-electron chi connectivity index (χ1n) is 3.97. The average Bonchev–Trinajstić information content (AvgIpc) is 2.04. The molecular formula is C9H17Cl3Hf. The Balaban J connectivity index is -0.000000333. The fourth-order valence-electron chi connectivity index (χ4n) is 1.19. The Hall–Kier alpha value is 1.22. The van der Waals surface area contributed by atoms with Crippen molar-refractivity contribution in [2.24, 2.45) is 0 Å². The van der Waals surface area contributed by atoms with Gasteiger partial charge < -0.3 is 37.2 Å². The summed E-state index contributed by atoms with van der Waals surface area (Å²) in [6.07, 6.45) is 8.03. The van der Waals surface area contributed by atoms with Gasteiger partial charge in [-0.3, -0.25) is 0 Å². The fourth-order valence-corrected chi connectivity index (χ4v) is 7.29. The Bertz CT molecular complexity index is 201. The molecule has 1 aliphatic rings. The number of halogens is 3. The van der Waals surface area contributed by atoms with Crippen molar-refractivity contribution in [3.8, 4) is 0 Å². The van der Waals surface area contributed by atoms with Crippen molar-refractivity contribution in [3.05, 3.63) is 21.6 Å². The molecule has 13 heavy (non-hydrogen) atoms. The van der Waals surface area contributed by atoms with Crippen LogP contribution in [0.4, 0.5) is 0 Å². The van der Waals surface area contributed by atoms with Crippen molar-refractivity contribution < 1.29 is 55.7 Å². The molecule has 0 nitrogen and oxygen atoms in total. The van der Waals surface area contributed by atoms with Crippen LogP contribution in [0.15, 0.2) is 21.6 Å². The molecule has 1 rings (SSSR count). The van der Waals surface area contributed by atoms with Gasteiger partial charge in [0.05, 0.1) is 0 Å². The fraction of sp³-hybridized carbons (Fsp3) is 0.556. The summed E-state index contributed by atoms with van der Waals surface area (Å²) in [5, 5.41) is 0. The molecule has 1 aliphatic carbocycles. The quantitative estimate of drug-likeness (QED) is 0.380. The topological polar surface area (TPSA) is 0 Å². The van der Waals surface area contributed by atoms with E-state index in [1.165, 1.54) is 6.42 Å². The molecule has 0 aliphatic heterocycles. The van der Waals surface area contributed by atoms with E-state index in [0.717, 1.165) is 0 Å². The van der Waals surface area contributed by atoms with Gasteiger partial charge in [-0.1, -0.05) is 0 Å². The van der Waals surface area contributed by atoms with Crippen LogP contribution in [0, 0.1) is 0 Å². The van der Waals surface area contributed by atoms with Gasteiger partial charge in [0.25, 0.3) is 0 Å². The second-order valence-electron chi connectivity index (χ2n) is 5.32. The Morgan fingerprint density at radius 3 is 1.62 bits per heavy atom. The summed E-state index contributed by atoms with van der Waals surface area (Å²) >= 11 is -2.31. The zero-order valence-electron chi connectivity index (χ0n) is 8.57. The van der Waals surface area contributed by atoms with E-state index < -0.39 is 18.5 Å². The third-order valence-electron chi connectivity index (χ3n) is 2.06. The van der Waals surface area contributed by atoms with Crippen molar-refractivity contribution in [1.29, 1.82) is 0 Å². The van der Waals surface area contributed by atoms with Crippen LogP contribution in [0.3, 0.4) is 0 Å². The Kier molecular flexibility index (Phi) is 9.03. The molecule has 0 fully saturated rings. The number of hydrogen-bond acceptors (Lipinski definition) is 0. The molecule has 0 spiro atoms. The van der Waals surface area contributed by atoms with Crippen LogP contribution in [0.2, 0.25) is 18.7 Å². The van der Waals surface area contributed by atoms with Crippen LogP contribution < -0.4 is 37.2 Å². The van der Waals surface area contributed by atoms with Gasteiger partial charge in [-0.15, -0.1) is 0 Å². The molecule has 0 saturated heterocycles. The van der Waals surface area contributed by atoms with E-state index in [1.54, 1.807) is 3.33 Å². The molecule has 0 heterocycles. The SMILES string of the molecule is [CH3][Hf+3]([CH3])([CH3])([CH3])[C]1=CC=CC1.[Cl-].[Cl-].[Cl-]. The molecular weight excluding hydrogens is 393 g/mol. The minimum atomic E-state index is -2.31. The second kappa shape index (κ2) is 5.95. The second-order valence-corrected chi connectivity index (χ2v) is 36.4. The van der Waals surface area contributed by atoms with Gasteiger partial charge in [-0.2, -0.15) is 0 Å². The molecule has 0 bridgehead atoms. The number of allylic oxidation sites excluding steroid dienone is 4. The summed E-state index contributed by atoms with van der Waals surface area (Å²) in [6, 6.07) is 0. The standard InChI is InChI=1S/C5H5.4CH3.3ClH.Hf/c1-2-4-5-3-1;;;;;;;;/h1-3H,4H2;4*1H3;3*1H;/q;;;;;;;;+3/p-3. The first-order chi connectivity index (χ1) is 4.36. The van der Waals surface area contributed by atoms with Crippen molar-refractivity contribution in [2.75, 3.05) is 0 Å². The largest absolute Gasteiger partial charge is 1.00 e. The minimum Gasteiger partial charge on any atom is -1.00 e. The molecule has 78 valence electrons. The van der Waals surface area contributed by atoms with Gasteiger partial charge in [0.2, 0.25) is 0 Å². The predicted molar refractivity (Wildman–Crippen MR) is 45.3 cm³/mol. The summed E-state index contributed by atoms with van der Waals surface area (Å²) < 4.78 is 11.7. The van der Waals surface area contributed by atoms with E-state index in [1.807, 2.05) is 0 Å². The van der Waals surface area contributed by atoms with Gasteiger partial charge in [0, 0.05) is 0 Å². The van der Waals surface area contributed by atoms with E-state index in [2.05, 4.69) is 36.9 Å². The van der Waals surface area contributed by atoms with Gasteiger partial charge in [-0.05, 0) is 0 Å². The van der Waals surface area contributed by atoms with Crippen molar-refractivity contribution in [3.63, 3.8) is 0 Å². The van der Waals surface area contributed by atoms with Crippen molar-refractivity contribution in [1.82, 2.24) is 0 Å². The smallest absolute Gasteiger partial charge is 1.00 e. The molecule has 0 unspecified atom stereocenters. The van der Waals surface area contributed by atoms with Gasteiger partial charge in [0.1, 0.15) is 0 Å². The van der Waals surface area contributed by atoms with Crippen LogP contribution in [-0.2, 0) is 18.5 Å². The summed E-state index contributed by atoms with van der Waals surface area (Å²) in [7, 11) is 0. The van der Waals surface area contributed by atoms with Crippen LogP contribution in [0.1, 0.15) is 6.42 Å². The van der Waals surface area contributed by atoms with E-state index in [4.69, 9.17) is 0 Å². The number of hydrogen-bond donors (Lipinski definition) is 0. The molecule has 0 N–H and O–H groups in total. The summed E-state index contributed by atoms with van der Waals surface area (Å²) in [6.45, 7) is 0. The van der Waals surface area contributed by atoms with E-state index in [-0.39, 0.29) is 37.2 Å². The Morgan fingerprint density at radius 1 is 1.00 bits per heavy atom. The maximum absolute atomic E-state index is 2.50. The van der Waals surface area contributed by atoms with E-state index in [9.17, 15) is 0 Å². The average molecular weight is 410 g/mol. The normalized spacial score (nSPS) is 13.1. The van der Waals surface area contributed by atoms with E-state index >= 15 is 0 Å². The summed E-state index contributed by atoms with van der Waals surface area (Å²) in [5.74, 6) is 0. The zero-order valence-corrected chi connectivity index (χ0v) is 14.4. The first kappa shape index (κ1) is 19.7. The molecule has 0 amide bonds. The van der Waals surface area contributed by atoms with Crippen LogP contribution >= 0.6 is 0 Å². The zero-order chi connectivity index (χ0) is 7.85. The minimum absolute atomic E-state index is 0. The molecule has 0 saturated carbocycles. The van der Waals surface area contributed by atoms with Crippen LogP contribution in [0.5, 0.6) is 0 Å².